The van der Waals surface area contributed by atoms with Crippen LogP contribution in [0.2, 0.25) is 0 Å². The summed E-state index contributed by atoms with van der Waals surface area (Å²) in [6.07, 6.45) is 0. The van der Waals surface area contributed by atoms with Gasteiger partial charge >= 0.3 is 0 Å². The molecule has 6 heteroatoms. The fourth-order valence-corrected chi connectivity index (χ4v) is 1.71. The Bertz CT molecular complexity index is 490. The van der Waals surface area contributed by atoms with Gasteiger partial charge in [-0.15, -0.1) is 4.47 Å². The zero-order valence-electron chi connectivity index (χ0n) is 8.08. The molecule has 0 unspecified atom stereocenters. The second kappa shape index (κ2) is 4.29. The second-order valence-corrected chi connectivity index (χ2v) is 4.86. The van der Waals surface area contributed by atoms with Gasteiger partial charge in [-0.1, -0.05) is 12.1 Å². The molecule has 0 fully saturated rings. The normalized spacial score (nSPS) is 10.7. The first kappa shape index (κ1) is 11.5. The molecular formula is C9H10N2O3S. The van der Waals surface area contributed by atoms with Crippen molar-refractivity contribution in [3.63, 3.8) is 0 Å². The Balaban J connectivity index is 3.24. The summed E-state index contributed by atoms with van der Waals surface area (Å²) in [5, 5.41) is 18.2. The summed E-state index contributed by atoms with van der Waals surface area (Å²) >= 11 is 0. The van der Waals surface area contributed by atoms with E-state index in [-0.39, 0.29) is 21.5 Å². The maximum Gasteiger partial charge on any atom is 0.257 e. The van der Waals surface area contributed by atoms with Gasteiger partial charge in [0.25, 0.3) is 10.0 Å². The van der Waals surface area contributed by atoms with Crippen molar-refractivity contribution >= 4 is 15.7 Å². The van der Waals surface area contributed by atoms with Crippen LogP contribution in [0.1, 0.15) is 12.5 Å². The molecule has 0 heterocycles. The van der Waals surface area contributed by atoms with Gasteiger partial charge in [-0.2, -0.15) is 5.26 Å². The molecule has 15 heavy (non-hydrogen) atoms. The molecule has 0 amide bonds. The molecule has 1 N–H and O–H groups in total. The zero-order chi connectivity index (χ0) is 11.5. The van der Waals surface area contributed by atoms with Crippen LogP contribution in [-0.2, 0) is 10.0 Å². The highest BCUT2D eigenvalue weighted by atomic mass is 32.2. The third kappa shape index (κ3) is 2.26. The number of anilines is 1. The highest BCUT2D eigenvalue weighted by Crippen LogP contribution is 2.20. The van der Waals surface area contributed by atoms with Crippen LogP contribution in [-0.4, -0.2) is 19.4 Å². The van der Waals surface area contributed by atoms with Gasteiger partial charge in [0.1, 0.15) is 6.07 Å². The minimum Gasteiger partial charge on any atom is -0.274 e. The first-order valence-electron chi connectivity index (χ1n) is 4.24. The number of hydrogen-bond acceptors (Lipinski definition) is 4. The monoisotopic (exact) mass is 226 g/mol. The molecule has 0 radical (unpaired) electrons. The van der Waals surface area contributed by atoms with Gasteiger partial charge in [-0.3, -0.25) is 5.21 Å². The third-order valence-corrected chi connectivity index (χ3v) is 3.31. The fourth-order valence-electron chi connectivity index (χ4n) is 1.01. The lowest BCUT2D eigenvalue weighted by atomic mass is 10.2. The third-order valence-electron chi connectivity index (χ3n) is 1.86. The quantitative estimate of drug-likeness (QED) is 0.782. The van der Waals surface area contributed by atoms with Crippen LogP contribution in [0.25, 0.3) is 0 Å². The predicted octanol–water partition coefficient (Wildman–Crippen LogP) is 1.10. The van der Waals surface area contributed by atoms with Gasteiger partial charge < -0.3 is 0 Å². The van der Waals surface area contributed by atoms with E-state index < -0.39 is 10.0 Å². The topological polar surface area (TPSA) is 81.4 Å². The number of benzene rings is 1. The van der Waals surface area contributed by atoms with Crippen LogP contribution < -0.4 is 4.47 Å². The Kier molecular flexibility index (Phi) is 3.29. The minimum absolute atomic E-state index is 0.0261. The Morgan fingerprint density at radius 2 is 2.07 bits per heavy atom. The number of nitriles is 1. The van der Waals surface area contributed by atoms with E-state index in [0.29, 0.717) is 0 Å². The van der Waals surface area contributed by atoms with Gasteiger partial charge in [0.15, 0.2) is 0 Å². The first-order chi connectivity index (χ1) is 7.03. The van der Waals surface area contributed by atoms with E-state index in [4.69, 9.17) is 5.26 Å². The van der Waals surface area contributed by atoms with Crippen molar-refractivity contribution in [2.45, 2.75) is 6.92 Å². The smallest absolute Gasteiger partial charge is 0.257 e. The molecule has 0 saturated carbocycles. The number of sulfonamides is 1. The molecule has 5 nitrogen and oxygen atoms in total. The maximum atomic E-state index is 11.3. The maximum absolute atomic E-state index is 11.3. The van der Waals surface area contributed by atoms with Crippen LogP contribution in [0.3, 0.4) is 0 Å². The Hall–Kier alpha value is -1.58. The van der Waals surface area contributed by atoms with Crippen LogP contribution in [0.5, 0.6) is 0 Å². The predicted molar refractivity (Wildman–Crippen MR) is 54.9 cm³/mol. The Morgan fingerprint density at radius 1 is 1.47 bits per heavy atom. The number of nitrogens with zero attached hydrogens (tertiary/aromatic N) is 2. The molecule has 0 aromatic heterocycles. The van der Waals surface area contributed by atoms with Crippen LogP contribution in [0, 0.1) is 11.3 Å². The lowest BCUT2D eigenvalue weighted by molar-refractivity contribution is 0.316. The summed E-state index contributed by atoms with van der Waals surface area (Å²) in [4.78, 5) is 0. The number of rotatable bonds is 3. The van der Waals surface area contributed by atoms with Crippen LogP contribution >= 0.6 is 0 Å². The molecule has 0 aliphatic carbocycles. The number of hydrogen-bond donors (Lipinski definition) is 1. The van der Waals surface area contributed by atoms with Gasteiger partial charge in [-0.25, -0.2) is 8.42 Å². The summed E-state index contributed by atoms with van der Waals surface area (Å²) in [7, 11) is -3.75. The van der Waals surface area contributed by atoms with E-state index >= 15 is 0 Å². The second-order valence-electron chi connectivity index (χ2n) is 2.77. The van der Waals surface area contributed by atoms with Crippen LogP contribution in [0.15, 0.2) is 24.3 Å². The zero-order valence-corrected chi connectivity index (χ0v) is 8.90. The molecule has 0 aliphatic rings. The van der Waals surface area contributed by atoms with E-state index in [0.717, 1.165) is 0 Å². The van der Waals surface area contributed by atoms with E-state index in [2.05, 4.69) is 0 Å². The lowest BCUT2D eigenvalue weighted by Gasteiger charge is -2.16. The molecule has 0 aliphatic heterocycles. The van der Waals surface area contributed by atoms with Crippen molar-refractivity contribution in [1.82, 2.24) is 0 Å². The molecule has 0 spiro atoms. The number of para-hydroxylation sites is 1. The van der Waals surface area contributed by atoms with Crippen molar-refractivity contribution in [1.29, 1.82) is 5.26 Å². The average Bonchev–Trinajstić information content (AvgIpc) is 2.28. The largest absolute Gasteiger partial charge is 0.274 e. The minimum atomic E-state index is -3.75. The molecule has 80 valence electrons. The summed E-state index contributed by atoms with van der Waals surface area (Å²) in [5.41, 5.74) is 0.0823. The van der Waals surface area contributed by atoms with Crippen molar-refractivity contribution in [2.75, 3.05) is 10.2 Å². The fraction of sp³-hybridized carbons (Fsp3) is 0.222. The van der Waals surface area contributed by atoms with E-state index in [1.54, 1.807) is 18.2 Å². The Labute approximate surface area is 88.2 Å². The summed E-state index contributed by atoms with van der Waals surface area (Å²) in [6.45, 7) is 1.41. The molecule has 1 aromatic carbocycles. The van der Waals surface area contributed by atoms with Crippen molar-refractivity contribution in [3.05, 3.63) is 29.8 Å². The van der Waals surface area contributed by atoms with Crippen molar-refractivity contribution in [3.8, 4) is 6.07 Å². The highest BCUT2D eigenvalue weighted by molar-refractivity contribution is 7.92. The van der Waals surface area contributed by atoms with E-state index in [9.17, 15) is 13.6 Å². The molecule has 0 atom stereocenters. The van der Waals surface area contributed by atoms with Crippen LogP contribution in [0.4, 0.5) is 5.69 Å². The van der Waals surface area contributed by atoms with Gasteiger partial charge in [0.2, 0.25) is 0 Å². The Morgan fingerprint density at radius 3 is 2.60 bits per heavy atom. The standard InChI is InChI=1S/C9H10N2O3S/c1-2-15(13,14)11(12)9-6-4-3-5-8(9)7-10/h3-6,12H,2H2,1H3. The summed E-state index contributed by atoms with van der Waals surface area (Å²) in [5.74, 6) is -0.233. The lowest BCUT2D eigenvalue weighted by Crippen LogP contribution is -2.29. The van der Waals surface area contributed by atoms with Gasteiger partial charge in [0.05, 0.1) is 17.0 Å². The average molecular weight is 226 g/mol. The first-order valence-corrected chi connectivity index (χ1v) is 5.85. The molecule has 1 aromatic rings. The van der Waals surface area contributed by atoms with Gasteiger partial charge in [-0.05, 0) is 19.1 Å². The van der Waals surface area contributed by atoms with Crippen molar-refractivity contribution in [2.24, 2.45) is 0 Å². The summed E-state index contributed by atoms with van der Waals surface area (Å²) < 4.78 is 22.8. The van der Waals surface area contributed by atoms with E-state index in [1.165, 1.54) is 19.1 Å². The molecule has 0 saturated heterocycles. The SMILES string of the molecule is CCS(=O)(=O)N(O)c1ccccc1C#N. The molecule has 0 bridgehead atoms. The van der Waals surface area contributed by atoms with Crippen molar-refractivity contribution < 1.29 is 13.6 Å². The highest BCUT2D eigenvalue weighted by Gasteiger charge is 2.20. The molecular weight excluding hydrogens is 216 g/mol. The molecule has 1 rings (SSSR count). The summed E-state index contributed by atoms with van der Waals surface area (Å²) in [6, 6.07) is 7.75. The van der Waals surface area contributed by atoms with Gasteiger partial charge in [0, 0.05) is 0 Å². The van der Waals surface area contributed by atoms with E-state index in [1.807, 2.05) is 0 Å².